The number of ether oxygens (including phenoxy) is 2. The third kappa shape index (κ3) is 4.66. The van der Waals surface area contributed by atoms with Gasteiger partial charge in [0.1, 0.15) is 18.0 Å². The quantitative estimate of drug-likeness (QED) is 0.530. The number of methoxy groups -OCH3 is 2. The summed E-state index contributed by atoms with van der Waals surface area (Å²) in [5.41, 5.74) is -0.145. The summed E-state index contributed by atoms with van der Waals surface area (Å²) in [7, 11) is 2.90. The number of halogens is 3. The van der Waals surface area contributed by atoms with Crippen LogP contribution in [-0.2, 0) is 9.59 Å². The number of hydrogen-bond donors (Lipinski definition) is 1. The fourth-order valence-electron chi connectivity index (χ4n) is 2.69. The monoisotopic (exact) mass is 452 g/mol. The highest BCUT2D eigenvalue weighted by molar-refractivity contribution is 8.18. The second-order valence-electron chi connectivity index (χ2n) is 6.15. The van der Waals surface area contributed by atoms with E-state index in [1.807, 2.05) is 5.32 Å². The molecule has 1 aliphatic rings. The molecule has 1 heterocycles. The number of carbonyl (C=O) groups excluding carboxylic acids is 3. The number of carbonyl (C=O) groups is 3. The molecule has 2 aromatic rings. The van der Waals surface area contributed by atoms with Crippen molar-refractivity contribution in [3.63, 3.8) is 0 Å². The first-order valence-corrected chi connectivity index (χ1v) is 9.47. The number of amides is 3. The number of imide groups is 1. The highest BCUT2D eigenvalue weighted by Gasteiger charge is 2.36. The predicted octanol–water partition coefficient (Wildman–Crippen LogP) is 3.80. The van der Waals surface area contributed by atoms with Crippen LogP contribution in [0.4, 0.5) is 23.7 Å². The van der Waals surface area contributed by atoms with Gasteiger partial charge in [0.25, 0.3) is 11.1 Å². The van der Waals surface area contributed by atoms with Gasteiger partial charge in [-0.05, 0) is 48.2 Å². The van der Waals surface area contributed by atoms with Gasteiger partial charge in [0.15, 0.2) is 17.5 Å². The normalized spacial score (nSPS) is 14.9. The van der Waals surface area contributed by atoms with E-state index in [4.69, 9.17) is 9.47 Å². The Balaban J connectivity index is 1.77. The molecule has 2 aromatic carbocycles. The average Bonchev–Trinajstić information content (AvgIpc) is 3.01. The lowest BCUT2D eigenvalue weighted by molar-refractivity contribution is -0.127. The Labute approximate surface area is 178 Å². The van der Waals surface area contributed by atoms with Crippen molar-refractivity contribution in [3.05, 3.63) is 58.3 Å². The van der Waals surface area contributed by atoms with Crippen molar-refractivity contribution in [2.75, 3.05) is 26.1 Å². The minimum Gasteiger partial charge on any atom is -0.497 e. The van der Waals surface area contributed by atoms with Crippen molar-refractivity contribution in [1.29, 1.82) is 0 Å². The van der Waals surface area contributed by atoms with Crippen LogP contribution >= 0.6 is 11.8 Å². The summed E-state index contributed by atoms with van der Waals surface area (Å²) in [6, 6.07) is 6.35. The smallest absolute Gasteiger partial charge is 0.294 e. The van der Waals surface area contributed by atoms with Crippen LogP contribution in [0.3, 0.4) is 0 Å². The molecule has 1 fully saturated rings. The summed E-state index contributed by atoms with van der Waals surface area (Å²) in [6.07, 6.45) is 1.42. The van der Waals surface area contributed by atoms with Crippen LogP contribution in [-0.4, -0.2) is 42.7 Å². The van der Waals surface area contributed by atoms with E-state index in [1.54, 1.807) is 18.2 Å². The molecule has 0 saturated carbocycles. The summed E-state index contributed by atoms with van der Waals surface area (Å²) in [6.45, 7) is -0.740. The zero-order chi connectivity index (χ0) is 22.7. The number of nitrogens with one attached hydrogen (secondary N) is 1. The molecule has 1 aliphatic heterocycles. The molecule has 0 aliphatic carbocycles. The Kier molecular flexibility index (Phi) is 6.54. The van der Waals surface area contributed by atoms with E-state index in [9.17, 15) is 27.6 Å². The van der Waals surface area contributed by atoms with E-state index in [-0.39, 0.29) is 4.91 Å². The SMILES string of the molecule is COc1ccc(OC)c(/C=C2/SC(=O)N(CC(=O)Nc3ccc(F)c(F)c3F)C2=O)c1. The molecule has 7 nitrogen and oxygen atoms in total. The molecule has 31 heavy (non-hydrogen) atoms. The minimum atomic E-state index is -1.75. The lowest BCUT2D eigenvalue weighted by atomic mass is 10.1. The summed E-state index contributed by atoms with van der Waals surface area (Å²) >= 11 is 0.604. The fraction of sp³-hybridized carbons (Fsp3) is 0.150. The number of thioether (sulfide) groups is 1. The molecule has 3 rings (SSSR count). The lowest BCUT2D eigenvalue weighted by Crippen LogP contribution is -2.36. The van der Waals surface area contributed by atoms with Gasteiger partial charge in [0.2, 0.25) is 5.91 Å². The highest BCUT2D eigenvalue weighted by atomic mass is 32.2. The largest absolute Gasteiger partial charge is 0.497 e. The molecule has 162 valence electrons. The van der Waals surface area contributed by atoms with Crippen LogP contribution in [0, 0.1) is 17.5 Å². The van der Waals surface area contributed by atoms with Gasteiger partial charge in [0, 0.05) is 5.56 Å². The maximum atomic E-state index is 13.7. The van der Waals surface area contributed by atoms with Gasteiger partial charge >= 0.3 is 0 Å². The molecule has 0 bridgehead atoms. The first kappa shape index (κ1) is 22.2. The number of hydrogen-bond acceptors (Lipinski definition) is 6. The van der Waals surface area contributed by atoms with Crippen molar-refractivity contribution in [2.45, 2.75) is 0 Å². The van der Waals surface area contributed by atoms with Gasteiger partial charge in [-0.1, -0.05) is 0 Å². The van der Waals surface area contributed by atoms with Crippen molar-refractivity contribution in [2.24, 2.45) is 0 Å². The minimum absolute atomic E-state index is 0.0309. The van der Waals surface area contributed by atoms with Gasteiger partial charge < -0.3 is 14.8 Å². The molecule has 1 N–H and O–H groups in total. The second-order valence-corrected chi connectivity index (χ2v) is 7.14. The number of nitrogens with zero attached hydrogens (tertiary/aromatic N) is 1. The van der Waals surface area contributed by atoms with Crippen molar-refractivity contribution >= 4 is 40.6 Å². The van der Waals surface area contributed by atoms with Crippen LogP contribution < -0.4 is 14.8 Å². The maximum Gasteiger partial charge on any atom is 0.294 e. The zero-order valence-corrected chi connectivity index (χ0v) is 17.0. The fourth-order valence-corrected chi connectivity index (χ4v) is 3.51. The van der Waals surface area contributed by atoms with Crippen LogP contribution in [0.1, 0.15) is 5.56 Å². The second kappa shape index (κ2) is 9.13. The molecule has 0 unspecified atom stereocenters. The Morgan fingerprint density at radius 1 is 1.10 bits per heavy atom. The van der Waals surface area contributed by atoms with E-state index in [0.29, 0.717) is 39.8 Å². The molecule has 3 amide bonds. The van der Waals surface area contributed by atoms with E-state index in [1.165, 1.54) is 20.3 Å². The molecule has 0 spiro atoms. The highest BCUT2D eigenvalue weighted by Crippen LogP contribution is 2.35. The first-order chi connectivity index (χ1) is 14.7. The van der Waals surface area contributed by atoms with Gasteiger partial charge in [-0.25, -0.2) is 13.2 Å². The van der Waals surface area contributed by atoms with Crippen molar-refractivity contribution in [1.82, 2.24) is 4.90 Å². The standard InChI is InChI=1S/C20H15F3N2O5S/c1-29-11-3-6-14(30-2)10(7-11)8-15-19(27)25(20(28)31-15)9-16(26)24-13-5-4-12(21)17(22)18(13)23/h3-8H,9H2,1-2H3,(H,24,26)/b15-8+. The van der Waals surface area contributed by atoms with Gasteiger partial charge in [-0.3, -0.25) is 19.3 Å². The number of benzene rings is 2. The van der Waals surface area contributed by atoms with Crippen LogP contribution in [0.2, 0.25) is 0 Å². The maximum absolute atomic E-state index is 13.7. The molecule has 11 heteroatoms. The third-order valence-corrected chi connectivity index (χ3v) is 5.12. The van der Waals surface area contributed by atoms with E-state index < -0.39 is 46.7 Å². The van der Waals surface area contributed by atoms with Gasteiger partial charge in [-0.2, -0.15) is 0 Å². The summed E-state index contributed by atoms with van der Waals surface area (Å²) < 4.78 is 50.4. The summed E-state index contributed by atoms with van der Waals surface area (Å²) in [5.74, 6) is -5.54. The lowest BCUT2D eigenvalue weighted by Gasteiger charge is -2.13. The average molecular weight is 452 g/mol. The Bertz CT molecular complexity index is 1110. The van der Waals surface area contributed by atoms with Gasteiger partial charge in [-0.15, -0.1) is 0 Å². The topological polar surface area (TPSA) is 84.9 Å². The summed E-state index contributed by atoms with van der Waals surface area (Å²) in [4.78, 5) is 37.7. The van der Waals surface area contributed by atoms with Crippen LogP contribution in [0.25, 0.3) is 6.08 Å². The van der Waals surface area contributed by atoms with E-state index >= 15 is 0 Å². The molecule has 0 atom stereocenters. The van der Waals surface area contributed by atoms with Crippen LogP contribution in [0.5, 0.6) is 11.5 Å². The predicted molar refractivity (Wildman–Crippen MR) is 107 cm³/mol. The first-order valence-electron chi connectivity index (χ1n) is 8.66. The number of anilines is 1. The van der Waals surface area contributed by atoms with E-state index in [2.05, 4.69) is 0 Å². The van der Waals surface area contributed by atoms with Crippen molar-refractivity contribution in [3.8, 4) is 11.5 Å². The Morgan fingerprint density at radius 2 is 1.84 bits per heavy atom. The molecule has 0 radical (unpaired) electrons. The van der Waals surface area contributed by atoms with E-state index in [0.717, 1.165) is 6.07 Å². The Hall–Kier alpha value is -3.47. The molecule has 1 saturated heterocycles. The third-order valence-electron chi connectivity index (χ3n) is 4.21. The molecular weight excluding hydrogens is 437 g/mol. The zero-order valence-electron chi connectivity index (χ0n) is 16.2. The van der Waals surface area contributed by atoms with Crippen molar-refractivity contribution < 1.29 is 37.0 Å². The number of rotatable bonds is 6. The Morgan fingerprint density at radius 3 is 2.52 bits per heavy atom. The molecular formula is C20H15F3N2O5S. The van der Waals surface area contributed by atoms with Gasteiger partial charge in [0.05, 0.1) is 24.8 Å². The van der Waals surface area contributed by atoms with Crippen LogP contribution in [0.15, 0.2) is 35.2 Å². The summed E-state index contributed by atoms with van der Waals surface area (Å²) in [5, 5.41) is 1.29. The molecule has 0 aromatic heterocycles.